The van der Waals surface area contributed by atoms with Gasteiger partial charge >= 0.3 is 0 Å². The van der Waals surface area contributed by atoms with Crippen molar-refractivity contribution in [1.82, 2.24) is 5.23 Å². The largest absolute Gasteiger partial charge is 0.402 e. The van der Waals surface area contributed by atoms with Gasteiger partial charge in [0.25, 0.3) is 0 Å². The Labute approximate surface area is 76.4 Å². The van der Waals surface area contributed by atoms with Crippen LogP contribution in [0.4, 0.5) is 0 Å². The highest BCUT2D eigenvalue weighted by atomic mass is 16.1. The molecule has 0 aromatic heterocycles. The Morgan fingerprint density at radius 2 is 2.00 bits per heavy atom. The van der Waals surface area contributed by atoms with E-state index in [1.165, 1.54) is 0 Å². The van der Waals surface area contributed by atoms with E-state index in [9.17, 15) is 4.79 Å². The first-order valence-electron chi connectivity index (χ1n) is 4.68. The summed E-state index contributed by atoms with van der Waals surface area (Å²) in [4.78, 5) is 11.5. The van der Waals surface area contributed by atoms with Crippen LogP contribution in [0.5, 0.6) is 0 Å². The van der Waals surface area contributed by atoms with Gasteiger partial charge in [-0.25, -0.2) is 0 Å². The topological polar surface area (TPSA) is 29.1 Å². The van der Waals surface area contributed by atoms with Crippen LogP contribution in [0.15, 0.2) is 0 Å². The van der Waals surface area contributed by atoms with Gasteiger partial charge in [0.1, 0.15) is 0 Å². The first-order chi connectivity index (χ1) is 5.40. The van der Waals surface area contributed by atoms with Gasteiger partial charge in [0.2, 0.25) is 13.3 Å². The van der Waals surface area contributed by atoms with Crippen LogP contribution in [-0.2, 0) is 4.79 Å². The van der Waals surface area contributed by atoms with Crippen molar-refractivity contribution in [3.05, 3.63) is 0 Å². The maximum Gasteiger partial charge on any atom is 0.238 e. The average molecular weight is 169 g/mol. The van der Waals surface area contributed by atoms with Gasteiger partial charge in [-0.1, -0.05) is 40.4 Å². The first-order valence-corrected chi connectivity index (χ1v) is 4.68. The van der Waals surface area contributed by atoms with Crippen molar-refractivity contribution in [2.75, 3.05) is 0 Å². The molecule has 0 rings (SSSR count). The molecule has 0 bridgehead atoms. The first kappa shape index (κ1) is 11.5. The molecule has 0 aliphatic rings. The van der Waals surface area contributed by atoms with E-state index in [4.69, 9.17) is 0 Å². The molecule has 0 saturated carbocycles. The maximum atomic E-state index is 11.5. The Balaban J connectivity index is 3.88. The highest BCUT2D eigenvalue weighted by Gasteiger charge is 2.24. The molecule has 12 heavy (non-hydrogen) atoms. The lowest BCUT2D eigenvalue weighted by molar-refractivity contribution is -0.127. The number of rotatable bonds is 4. The Kier molecular flexibility index (Phi) is 4.36. The fourth-order valence-electron chi connectivity index (χ4n) is 0.697. The summed E-state index contributed by atoms with van der Waals surface area (Å²) in [5, 5.41) is 2.93. The zero-order valence-electron chi connectivity index (χ0n) is 8.90. The second kappa shape index (κ2) is 4.53. The third-order valence-corrected chi connectivity index (χ3v) is 2.17. The van der Waals surface area contributed by atoms with Gasteiger partial charge in [0, 0.05) is 5.41 Å². The van der Waals surface area contributed by atoms with Crippen molar-refractivity contribution < 1.29 is 4.79 Å². The van der Waals surface area contributed by atoms with Gasteiger partial charge in [-0.3, -0.25) is 4.79 Å². The number of carbonyl (C=O) groups excluding carboxylic acids is 1. The van der Waals surface area contributed by atoms with E-state index in [0.717, 1.165) is 13.8 Å². The van der Waals surface area contributed by atoms with Crippen molar-refractivity contribution in [2.24, 2.45) is 5.41 Å². The van der Waals surface area contributed by atoms with Crippen LogP contribution < -0.4 is 5.23 Å². The highest BCUT2D eigenvalue weighted by Crippen LogP contribution is 2.19. The molecular formula is C9H20BNO. The molecule has 0 atom stereocenters. The molecule has 0 spiro atoms. The van der Waals surface area contributed by atoms with Gasteiger partial charge in [-0.15, -0.1) is 0 Å². The van der Waals surface area contributed by atoms with Crippen LogP contribution in [0.25, 0.3) is 0 Å². The summed E-state index contributed by atoms with van der Waals surface area (Å²) in [6.45, 7) is 10.2. The third kappa shape index (κ3) is 3.79. The number of hydrogen-bond donors (Lipinski definition) is 1. The lowest BCUT2D eigenvalue weighted by Crippen LogP contribution is -2.39. The van der Waals surface area contributed by atoms with Gasteiger partial charge in [-0.2, -0.15) is 0 Å². The Bertz CT molecular complexity index is 155. The van der Waals surface area contributed by atoms with Crippen LogP contribution >= 0.6 is 0 Å². The Morgan fingerprint density at radius 1 is 1.50 bits per heavy atom. The predicted molar refractivity (Wildman–Crippen MR) is 54.5 cm³/mol. The molecule has 0 unspecified atom stereocenters. The smallest absolute Gasteiger partial charge is 0.238 e. The molecule has 2 nitrogen and oxygen atoms in total. The number of amides is 1. The molecule has 1 amide bonds. The van der Waals surface area contributed by atoms with E-state index >= 15 is 0 Å². The quantitative estimate of drug-likeness (QED) is 0.637. The number of hydrogen-bond acceptors (Lipinski definition) is 1. The molecule has 0 aromatic carbocycles. The molecule has 0 aliphatic heterocycles. The molecule has 0 radical (unpaired) electrons. The second-order valence-corrected chi connectivity index (χ2v) is 4.34. The minimum absolute atomic E-state index is 0.165. The molecule has 0 heterocycles. The van der Waals surface area contributed by atoms with Gasteiger partial charge in [0.05, 0.1) is 0 Å². The van der Waals surface area contributed by atoms with Crippen molar-refractivity contribution in [1.29, 1.82) is 0 Å². The Hall–Kier alpha value is -0.465. The van der Waals surface area contributed by atoms with Crippen molar-refractivity contribution in [3.63, 3.8) is 0 Å². The van der Waals surface area contributed by atoms with Crippen LogP contribution in [-0.4, -0.2) is 13.3 Å². The van der Waals surface area contributed by atoms with E-state index in [1.54, 1.807) is 0 Å². The summed E-state index contributed by atoms with van der Waals surface area (Å²) in [7, 11) is 0.780. The molecule has 70 valence electrons. The van der Waals surface area contributed by atoms with Crippen LogP contribution in [0.3, 0.4) is 0 Å². The maximum absolute atomic E-state index is 11.5. The fraction of sp³-hybridized carbons (Fsp3) is 0.889. The summed E-state index contributed by atoms with van der Waals surface area (Å²) in [5.41, 5.74) is -0.213. The summed E-state index contributed by atoms with van der Waals surface area (Å²) in [6.07, 6.45) is 0.886. The molecule has 3 heteroatoms. The van der Waals surface area contributed by atoms with E-state index in [-0.39, 0.29) is 11.3 Å². The number of nitrogens with one attached hydrogen (secondary N) is 1. The van der Waals surface area contributed by atoms with E-state index in [1.807, 2.05) is 20.8 Å². The molecule has 0 aromatic rings. The highest BCUT2D eigenvalue weighted by molar-refractivity contribution is 6.38. The molecular weight excluding hydrogens is 149 g/mol. The number of carbonyl (C=O) groups is 1. The molecule has 0 fully saturated rings. The van der Waals surface area contributed by atoms with Crippen molar-refractivity contribution in [3.8, 4) is 0 Å². The Morgan fingerprint density at radius 3 is 2.33 bits per heavy atom. The van der Waals surface area contributed by atoms with Crippen molar-refractivity contribution >= 4 is 13.3 Å². The second-order valence-electron chi connectivity index (χ2n) is 4.34. The van der Waals surface area contributed by atoms with E-state index in [0.29, 0.717) is 5.82 Å². The summed E-state index contributed by atoms with van der Waals surface area (Å²) >= 11 is 0. The molecule has 0 aliphatic carbocycles. The summed E-state index contributed by atoms with van der Waals surface area (Å²) in [5.74, 6) is 0.695. The van der Waals surface area contributed by atoms with E-state index < -0.39 is 0 Å². The monoisotopic (exact) mass is 169 g/mol. The zero-order chi connectivity index (χ0) is 9.78. The standard InChI is InChI=1S/C9H20BNO/c1-6-9(4,5)8(12)11-10-7(2)3/h7,10H,6H2,1-5H3,(H,11,12). The van der Waals surface area contributed by atoms with Gasteiger partial charge < -0.3 is 5.23 Å². The lowest BCUT2D eigenvalue weighted by Gasteiger charge is -2.21. The SMILES string of the molecule is CCC(C)(C)C(=O)NBC(C)C. The van der Waals surface area contributed by atoms with Crippen LogP contribution in [0.2, 0.25) is 5.82 Å². The average Bonchev–Trinajstić information content (AvgIpc) is 2.00. The molecule has 1 N–H and O–H groups in total. The van der Waals surface area contributed by atoms with Gasteiger partial charge in [0.15, 0.2) is 0 Å². The predicted octanol–water partition coefficient (Wildman–Crippen LogP) is 1.72. The minimum atomic E-state index is -0.213. The fourth-order valence-corrected chi connectivity index (χ4v) is 0.697. The van der Waals surface area contributed by atoms with Crippen LogP contribution in [0, 0.1) is 5.41 Å². The lowest BCUT2D eigenvalue weighted by atomic mass is 9.76. The van der Waals surface area contributed by atoms with Crippen molar-refractivity contribution in [2.45, 2.75) is 46.9 Å². The van der Waals surface area contributed by atoms with E-state index in [2.05, 4.69) is 19.1 Å². The molecule has 0 saturated heterocycles. The van der Waals surface area contributed by atoms with Crippen LogP contribution in [0.1, 0.15) is 41.0 Å². The minimum Gasteiger partial charge on any atom is -0.402 e. The van der Waals surface area contributed by atoms with Gasteiger partial charge in [-0.05, 0) is 6.42 Å². The normalized spacial score (nSPS) is 11.5. The summed E-state index contributed by atoms with van der Waals surface area (Å²) < 4.78 is 0. The summed E-state index contributed by atoms with van der Waals surface area (Å²) in [6, 6.07) is 0. The third-order valence-electron chi connectivity index (χ3n) is 2.17. The zero-order valence-corrected chi connectivity index (χ0v) is 8.90.